The minimum atomic E-state index is -4.49. The highest BCUT2D eigenvalue weighted by atomic mass is 19.4. The van der Waals surface area contributed by atoms with E-state index < -0.39 is 23.8 Å². The van der Waals surface area contributed by atoms with Gasteiger partial charge >= 0.3 is 6.18 Å². The van der Waals surface area contributed by atoms with Crippen molar-refractivity contribution >= 4 is 11.6 Å². The van der Waals surface area contributed by atoms with E-state index in [1.165, 1.54) is 19.1 Å². The predicted octanol–water partition coefficient (Wildman–Crippen LogP) is 4.20. The molecule has 0 aliphatic rings. The third-order valence-corrected chi connectivity index (χ3v) is 4.26. The van der Waals surface area contributed by atoms with Crippen molar-refractivity contribution < 1.29 is 22.7 Å². The van der Waals surface area contributed by atoms with Gasteiger partial charge in [0, 0.05) is 18.1 Å². The molecule has 0 fully saturated rings. The van der Waals surface area contributed by atoms with E-state index in [4.69, 9.17) is 4.74 Å². The lowest BCUT2D eigenvalue weighted by molar-refractivity contribution is -0.137. The molecule has 1 aromatic heterocycles. The molecule has 0 bridgehead atoms. The second-order valence-corrected chi connectivity index (χ2v) is 6.48. The first-order valence-corrected chi connectivity index (χ1v) is 9.01. The summed E-state index contributed by atoms with van der Waals surface area (Å²) >= 11 is 0. The number of hydrogen-bond donors (Lipinski definition) is 1. The van der Waals surface area contributed by atoms with Crippen LogP contribution in [0, 0.1) is 0 Å². The van der Waals surface area contributed by atoms with Gasteiger partial charge < -0.3 is 9.30 Å². The Morgan fingerprint density at radius 1 is 1.20 bits per heavy atom. The van der Waals surface area contributed by atoms with Gasteiger partial charge in [-0.15, -0.1) is 0 Å². The first-order chi connectivity index (χ1) is 14.2. The van der Waals surface area contributed by atoms with Crippen molar-refractivity contribution in [3.05, 3.63) is 78.4 Å². The van der Waals surface area contributed by atoms with Gasteiger partial charge in [0.15, 0.2) is 6.10 Å². The monoisotopic (exact) mass is 416 g/mol. The molecule has 0 saturated carbocycles. The lowest BCUT2D eigenvalue weighted by Gasteiger charge is -2.15. The summed E-state index contributed by atoms with van der Waals surface area (Å²) in [6.07, 6.45) is -0.337. The molecule has 0 aliphatic heterocycles. The van der Waals surface area contributed by atoms with E-state index in [1.54, 1.807) is 19.4 Å². The van der Waals surface area contributed by atoms with Gasteiger partial charge in [0.05, 0.1) is 17.6 Å². The van der Waals surface area contributed by atoms with Crippen molar-refractivity contribution in [1.82, 2.24) is 15.0 Å². The van der Waals surface area contributed by atoms with Crippen molar-refractivity contribution in [3.63, 3.8) is 0 Å². The Morgan fingerprint density at radius 3 is 2.57 bits per heavy atom. The Morgan fingerprint density at radius 2 is 1.93 bits per heavy atom. The largest absolute Gasteiger partial charge is 0.481 e. The standard InChI is InChI=1S/C21H19F3N4O2/c1-14(16-6-8-18(9-7-16)28-11-10-25-13-28)26-27-20(29)15(2)30-19-5-3-4-17(12-19)21(22,23)24/h3-13,15H,1-2H3,(H,27,29). The Hall–Kier alpha value is -3.62. The minimum absolute atomic E-state index is 0.0525. The topological polar surface area (TPSA) is 68.5 Å². The summed E-state index contributed by atoms with van der Waals surface area (Å²) in [5, 5.41) is 4.04. The van der Waals surface area contributed by atoms with E-state index in [-0.39, 0.29) is 5.75 Å². The number of imidazole rings is 1. The quantitative estimate of drug-likeness (QED) is 0.484. The summed E-state index contributed by atoms with van der Waals surface area (Å²) in [5.41, 5.74) is 3.81. The molecule has 9 heteroatoms. The van der Waals surface area contributed by atoms with Gasteiger partial charge in [-0.2, -0.15) is 18.3 Å². The molecule has 3 rings (SSSR count). The lowest BCUT2D eigenvalue weighted by atomic mass is 10.1. The molecule has 0 saturated heterocycles. The highest BCUT2D eigenvalue weighted by Gasteiger charge is 2.30. The van der Waals surface area contributed by atoms with E-state index in [0.717, 1.165) is 23.4 Å². The highest BCUT2D eigenvalue weighted by molar-refractivity contribution is 5.99. The second-order valence-electron chi connectivity index (χ2n) is 6.48. The van der Waals surface area contributed by atoms with Crippen LogP contribution < -0.4 is 10.2 Å². The fourth-order valence-electron chi connectivity index (χ4n) is 2.58. The first-order valence-electron chi connectivity index (χ1n) is 9.01. The maximum absolute atomic E-state index is 12.8. The van der Waals surface area contributed by atoms with Gasteiger partial charge in [0.1, 0.15) is 5.75 Å². The molecule has 6 nitrogen and oxygen atoms in total. The number of ether oxygens (including phenoxy) is 1. The number of alkyl halides is 3. The van der Waals surface area contributed by atoms with Gasteiger partial charge in [-0.3, -0.25) is 4.79 Å². The third kappa shape index (κ3) is 5.25. The predicted molar refractivity (Wildman–Crippen MR) is 105 cm³/mol. The second kappa shape index (κ2) is 8.81. The number of benzene rings is 2. The molecule has 1 unspecified atom stereocenters. The van der Waals surface area contributed by atoms with Crippen molar-refractivity contribution in [1.29, 1.82) is 0 Å². The fraction of sp³-hybridized carbons (Fsp3) is 0.190. The van der Waals surface area contributed by atoms with Crippen LogP contribution in [0.15, 0.2) is 72.4 Å². The van der Waals surface area contributed by atoms with E-state index in [0.29, 0.717) is 5.71 Å². The average Bonchev–Trinajstić information content (AvgIpc) is 3.26. The molecule has 0 aliphatic carbocycles. The van der Waals surface area contributed by atoms with E-state index >= 15 is 0 Å². The number of carbonyl (C=O) groups excluding carboxylic acids is 1. The van der Waals surface area contributed by atoms with E-state index in [2.05, 4.69) is 15.5 Å². The van der Waals surface area contributed by atoms with Crippen LogP contribution in [0.1, 0.15) is 25.0 Å². The molecule has 0 spiro atoms. The minimum Gasteiger partial charge on any atom is -0.481 e. The molecule has 1 N–H and O–H groups in total. The number of amides is 1. The molecule has 30 heavy (non-hydrogen) atoms. The van der Waals surface area contributed by atoms with Crippen LogP contribution in [-0.4, -0.2) is 27.3 Å². The number of carbonyl (C=O) groups is 1. The van der Waals surface area contributed by atoms with Crippen LogP contribution in [0.3, 0.4) is 0 Å². The maximum Gasteiger partial charge on any atom is 0.416 e. The van der Waals surface area contributed by atoms with Gasteiger partial charge in [0.2, 0.25) is 0 Å². The summed E-state index contributed by atoms with van der Waals surface area (Å²) < 4.78 is 45.5. The number of nitrogens with zero attached hydrogens (tertiary/aromatic N) is 3. The lowest BCUT2D eigenvalue weighted by Crippen LogP contribution is -2.34. The normalized spacial score (nSPS) is 13.0. The zero-order valence-electron chi connectivity index (χ0n) is 16.2. The average molecular weight is 416 g/mol. The SMILES string of the molecule is CC(=NNC(=O)C(C)Oc1cccc(C(F)(F)F)c1)c1ccc(-n2ccnc2)cc1. The zero-order valence-corrected chi connectivity index (χ0v) is 16.2. The van der Waals surface area contributed by atoms with Crippen LogP contribution in [0.2, 0.25) is 0 Å². The Bertz CT molecular complexity index is 1030. The number of hydrazone groups is 1. The smallest absolute Gasteiger partial charge is 0.416 e. The summed E-state index contributed by atoms with van der Waals surface area (Å²) in [5.74, 6) is -0.634. The molecule has 2 aromatic carbocycles. The number of hydrogen-bond acceptors (Lipinski definition) is 4. The fourth-order valence-corrected chi connectivity index (χ4v) is 2.58. The molecule has 156 valence electrons. The Kier molecular flexibility index (Phi) is 6.20. The van der Waals surface area contributed by atoms with E-state index in [9.17, 15) is 18.0 Å². The van der Waals surface area contributed by atoms with Crippen LogP contribution in [0.4, 0.5) is 13.2 Å². The first kappa shape index (κ1) is 21.1. The van der Waals surface area contributed by atoms with Crippen LogP contribution in [-0.2, 0) is 11.0 Å². The van der Waals surface area contributed by atoms with Crippen molar-refractivity contribution in [2.75, 3.05) is 0 Å². The van der Waals surface area contributed by atoms with Gasteiger partial charge in [-0.05, 0) is 49.7 Å². The van der Waals surface area contributed by atoms with Gasteiger partial charge in [0.25, 0.3) is 5.91 Å². The molecule has 1 atom stereocenters. The van der Waals surface area contributed by atoms with Crippen LogP contribution in [0.5, 0.6) is 5.75 Å². The number of rotatable bonds is 6. The molecule has 1 heterocycles. The maximum atomic E-state index is 12.8. The Balaban J connectivity index is 1.60. The highest BCUT2D eigenvalue weighted by Crippen LogP contribution is 2.31. The van der Waals surface area contributed by atoms with Gasteiger partial charge in [-0.25, -0.2) is 10.4 Å². The van der Waals surface area contributed by atoms with Crippen molar-refractivity contribution in [3.8, 4) is 11.4 Å². The number of nitrogens with one attached hydrogen (secondary N) is 1. The summed E-state index contributed by atoms with van der Waals surface area (Å²) in [6.45, 7) is 3.16. The summed E-state index contributed by atoms with van der Waals surface area (Å²) in [6, 6.07) is 11.8. The number of aromatic nitrogens is 2. The summed E-state index contributed by atoms with van der Waals surface area (Å²) in [7, 11) is 0. The number of halogens is 3. The molecular weight excluding hydrogens is 397 g/mol. The molecule has 3 aromatic rings. The summed E-state index contributed by atoms with van der Waals surface area (Å²) in [4.78, 5) is 16.2. The van der Waals surface area contributed by atoms with Crippen molar-refractivity contribution in [2.24, 2.45) is 5.10 Å². The molecule has 1 amide bonds. The Labute approximate surface area is 171 Å². The van der Waals surface area contributed by atoms with Crippen LogP contribution in [0.25, 0.3) is 5.69 Å². The molecule has 0 radical (unpaired) electrons. The zero-order chi connectivity index (χ0) is 21.7. The third-order valence-electron chi connectivity index (χ3n) is 4.26. The molecular formula is C21H19F3N4O2. The van der Waals surface area contributed by atoms with Crippen LogP contribution >= 0.6 is 0 Å². The van der Waals surface area contributed by atoms with Crippen molar-refractivity contribution in [2.45, 2.75) is 26.1 Å². The van der Waals surface area contributed by atoms with Gasteiger partial charge in [-0.1, -0.05) is 18.2 Å². The van der Waals surface area contributed by atoms with E-state index in [1.807, 2.05) is 35.0 Å².